The number of aromatic nitrogens is 1. The maximum Gasteiger partial charge on any atom is 0.420 e. The first-order chi connectivity index (χ1) is 12.5. The minimum atomic E-state index is -0.480. The van der Waals surface area contributed by atoms with E-state index in [-0.39, 0.29) is 5.78 Å². The van der Waals surface area contributed by atoms with Gasteiger partial charge in [-0.2, -0.15) is 0 Å². The number of amides is 2. The van der Waals surface area contributed by atoms with Gasteiger partial charge in [-0.1, -0.05) is 6.08 Å². The summed E-state index contributed by atoms with van der Waals surface area (Å²) in [6.07, 6.45) is 1.60. The smallest absolute Gasteiger partial charge is 0.408 e. The molecule has 0 spiro atoms. The molecule has 0 aliphatic carbocycles. The highest BCUT2D eigenvalue weighted by Crippen LogP contribution is 2.19. The summed E-state index contributed by atoms with van der Waals surface area (Å²) in [6, 6.07) is 11.1. The van der Waals surface area contributed by atoms with Gasteiger partial charge in [-0.3, -0.25) is 9.36 Å². The minimum absolute atomic E-state index is 0.0424. The third-order valence-electron chi connectivity index (χ3n) is 3.79. The number of urea groups is 1. The van der Waals surface area contributed by atoms with Crippen LogP contribution in [0.1, 0.15) is 17.3 Å². The van der Waals surface area contributed by atoms with Crippen molar-refractivity contribution in [2.75, 3.05) is 10.6 Å². The van der Waals surface area contributed by atoms with Crippen molar-refractivity contribution < 1.29 is 14.0 Å². The van der Waals surface area contributed by atoms with E-state index in [1.54, 1.807) is 48.5 Å². The van der Waals surface area contributed by atoms with Crippen LogP contribution in [0.5, 0.6) is 0 Å². The minimum Gasteiger partial charge on any atom is -0.408 e. The molecule has 26 heavy (non-hydrogen) atoms. The number of ketones is 1. The summed E-state index contributed by atoms with van der Waals surface area (Å²) < 4.78 is 6.63. The first-order valence-electron chi connectivity index (χ1n) is 7.91. The molecule has 0 saturated heterocycles. The second kappa shape index (κ2) is 7.10. The van der Waals surface area contributed by atoms with Gasteiger partial charge >= 0.3 is 11.8 Å². The van der Waals surface area contributed by atoms with E-state index in [0.717, 1.165) is 0 Å². The summed E-state index contributed by atoms with van der Waals surface area (Å²) in [7, 11) is 0. The third kappa shape index (κ3) is 3.56. The Bertz CT molecular complexity index is 1040. The Morgan fingerprint density at radius 2 is 1.77 bits per heavy atom. The Morgan fingerprint density at radius 1 is 1.12 bits per heavy atom. The van der Waals surface area contributed by atoms with E-state index in [2.05, 4.69) is 17.2 Å². The summed E-state index contributed by atoms with van der Waals surface area (Å²) in [6.45, 7) is 5.43. The highest BCUT2D eigenvalue weighted by atomic mass is 16.4. The molecule has 0 aliphatic rings. The molecule has 0 fully saturated rings. The zero-order valence-electron chi connectivity index (χ0n) is 14.1. The van der Waals surface area contributed by atoms with Gasteiger partial charge in [0.15, 0.2) is 11.4 Å². The molecule has 0 saturated carbocycles. The normalized spacial score (nSPS) is 10.5. The van der Waals surface area contributed by atoms with Gasteiger partial charge in [0.25, 0.3) is 0 Å². The number of nitrogens with one attached hydrogen (secondary N) is 2. The predicted molar refractivity (Wildman–Crippen MR) is 99.8 cm³/mol. The van der Waals surface area contributed by atoms with Crippen LogP contribution < -0.4 is 16.4 Å². The van der Waals surface area contributed by atoms with E-state index in [4.69, 9.17) is 4.42 Å². The topological polar surface area (TPSA) is 93.3 Å². The number of carbonyl (C=O) groups excluding carboxylic acids is 2. The summed E-state index contributed by atoms with van der Waals surface area (Å²) in [5.41, 5.74) is 2.61. The van der Waals surface area contributed by atoms with Gasteiger partial charge in [-0.15, -0.1) is 6.58 Å². The molecule has 0 unspecified atom stereocenters. The average molecular weight is 351 g/mol. The van der Waals surface area contributed by atoms with Gasteiger partial charge in [0.05, 0.1) is 5.52 Å². The van der Waals surface area contributed by atoms with Crippen LogP contribution in [0.2, 0.25) is 0 Å². The lowest BCUT2D eigenvalue weighted by atomic mass is 10.1. The number of anilines is 2. The third-order valence-corrected chi connectivity index (χ3v) is 3.79. The van der Waals surface area contributed by atoms with Crippen LogP contribution in [0.25, 0.3) is 11.1 Å². The Kier molecular flexibility index (Phi) is 4.70. The van der Waals surface area contributed by atoms with Crippen LogP contribution in [0.4, 0.5) is 16.2 Å². The fourth-order valence-electron chi connectivity index (χ4n) is 2.53. The molecular weight excluding hydrogens is 334 g/mol. The number of benzene rings is 2. The van der Waals surface area contributed by atoms with E-state index in [9.17, 15) is 14.4 Å². The molecule has 7 heteroatoms. The molecule has 132 valence electrons. The largest absolute Gasteiger partial charge is 0.420 e. The van der Waals surface area contributed by atoms with E-state index in [1.807, 2.05) is 0 Å². The number of carbonyl (C=O) groups is 2. The fourth-order valence-corrected chi connectivity index (χ4v) is 2.53. The lowest BCUT2D eigenvalue weighted by Gasteiger charge is -2.08. The van der Waals surface area contributed by atoms with Gasteiger partial charge < -0.3 is 15.1 Å². The number of rotatable bonds is 5. The van der Waals surface area contributed by atoms with Gasteiger partial charge in [0.1, 0.15) is 0 Å². The summed E-state index contributed by atoms with van der Waals surface area (Å²) in [5, 5.41) is 5.34. The van der Waals surface area contributed by atoms with E-state index < -0.39 is 11.8 Å². The molecular formula is C19H17N3O4. The lowest BCUT2D eigenvalue weighted by Crippen LogP contribution is -2.19. The number of nitrogens with zero attached hydrogens (tertiary/aromatic N) is 1. The average Bonchev–Trinajstić information content (AvgIpc) is 2.90. The van der Waals surface area contributed by atoms with Crippen LogP contribution >= 0.6 is 0 Å². The van der Waals surface area contributed by atoms with Gasteiger partial charge in [-0.25, -0.2) is 9.59 Å². The summed E-state index contributed by atoms with van der Waals surface area (Å²) in [4.78, 5) is 35.2. The van der Waals surface area contributed by atoms with Crippen LogP contribution in [0, 0.1) is 0 Å². The van der Waals surface area contributed by atoms with Crippen molar-refractivity contribution in [3.8, 4) is 0 Å². The SMILES string of the molecule is C=CCn1c(=O)oc2cc(NC(=O)Nc3ccc(C(C)=O)cc3)ccc21. The maximum atomic E-state index is 12.1. The molecule has 0 bridgehead atoms. The number of oxazole rings is 1. The van der Waals surface area contributed by atoms with Crippen LogP contribution in [-0.4, -0.2) is 16.4 Å². The first-order valence-corrected chi connectivity index (χ1v) is 7.91. The Labute approximate surface area is 148 Å². The fraction of sp³-hybridized carbons (Fsp3) is 0.105. The highest BCUT2D eigenvalue weighted by Gasteiger charge is 2.10. The molecule has 2 aromatic carbocycles. The standard InChI is InChI=1S/C19H17N3O4/c1-3-10-22-16-9-8-15(11-17(16)26-19(22)25)21-18(24)20-14-6-4-13(5-7-14)12(2)23/h3-9,11H,1,10H2,2H3,(H2,20,21,24). The van der Waals surface area contributed by atoms with E-state index >= 15 is 0 Å². The van der Waals surface area contributed by atoms with Crippen molar-refractivity contribution >= 4 is 34.3 Å². The van der Waals surface area contributed by atoms with Crippen LogP contribution in [0.15, 0.2) is 64.3 Å². The van der Waals surface area contributed by atoms with Crippen molar-refractivity contribution in [2.45, 2.75) is 13.5 Å². The van der Waals surface area contributed by atoms with Crippen molar-refractivity contribution in [3.05, 3.63) is 71.2 Å². The zero-order chi connectivity index (χ0) is 18.7. The molecule has 1 heterocycles. The number of hydrogen-bond acceptors (Lipinski definition) is 4. The van der Waals surface area contributed by atoms with Crippen molar-refractivity contribution in [3.63, 3.8) is 0 Å². The molecule has 3 aromatic rings. The van der Waals surface area contributed by atoms with Gasteiger partial charge in [-0.05, 0) is 43.3 Å². The van der Waals surface area contributed by atoms with Gasteiger partial charge in [0.2, 0.25) is 0 Å². The van der Waals surface area contributed by atoms with Crippen molar-refractivity contribution in [1.82, 2.24) is 4.57 Å². The monoisotopic (exact) mass is 351 g/mol. The number of allylic oxidation sites excluding steroid dienone is 1. The van der Waals surface area contributed by atoms with Gasteiger partial charge in [0, 0.05) is 29.5 Å². The summed E-state index contributed by atoms with van der Waals surface area (Å²) >= 11 is 0. The first kappa shape index (κ1) is 17.2. The molecule has 0 atom stereocenters. The maximum absolute atomic E-state index is 12.1. The molecule has 1 aromatic heterocycles. The summed E-state index contributed by atoms with van der Waals surface area (Å²) in [5.74, 6) is -0.522. The Balaban J connectivity index is 1.73. The number of hydrogen-bond donors (Lipinski definition) is 2. The highest BCUT2D eigenvalue weighted by molar-refractivity contribution is 6.01. The number of Topliss-reactive ketones (excluding diaryl/α,β-unsaturated/α-hetero) is 1. The predicted octanol–water partition coefficient (Wildman–Crippen LogP) is 3.63. The lowest BCUT2D eigenvalue weighted by molar-refractivity contribution is 0.101. The molecule has 3 rings (SSSR count). The molecule has 0 radical (unpaired) electrons. The molecule has 2 N–H and O–H groups in total. The van der Waals surface area contributed by atoms with Crippen molar-refractivity contribution in [2.24, 2.45) is 0 Å². The van der Waals surface area contributed by atoms with E-state index in [1.165, 1.54) is 11.5 Å². The molecule has 7 nitrogen and oxygen atoms in total. The second-order valence-electron chi connectivity index (χ2n) is 5.66. The Morgan fingerprint density at radius 3 is 2.42 bits per heavy atom. The Hall–Kier alpha value is -3.61. The van der Waals surface area contributed by atoms with Crippen molar-refractivity contribution in [1.29, 1.82) is 0 Å². The quantitative estimate of drug-likeness (QED) is 0.542. The van der Waals surface area contributed by atoms with Crippen LogP contribution in [0.3, 0.4) is 0 Å². The molecule has 2 amide bonds. The molecule has 0 aliphatic heterocycles. The second-order valence-corrected chi connectivity index (χ2v) is 5.66. The van der Waals surface area contributed by atoms with E-state index in [0.29, 0.717) is 34.6 Å². The number of fused-ring (bicyclic) bond motifs is 1. The van der Waals surface area contributed by atoms with Crippen LogP contribution in [-0.2, 0) is 6.54 Å². The zero-order valence-corrected chi connectivity index (χ0v) is 14.1.